The average Bonchev–Trinajstić information content (AvgIpc) is 2.46. The van der Waals surface area contributed by atoms with Crippen molar-refractivity contribution in [1.82, 2.24) is 5.32 Å². The number of benzene rings is 1. The number of carboxylic acids is 1. The van der Waals surface area contributed by atoms with Gasteiger partial charge in [-0.15, -0.1) is 0 Å². The van der Waals surface area contributed by atoms with Crippen molar-refractivity contribution in [3.63, 3.8) is 0 Å². The predicted molar refractivity (Wildman–Crippen MR) is 81.4 cm³/mol. The van der Waals surface area contributed by atoms with Crippen LogP contribution in [0.4, 0.5) is 11.4 Å². The van der Waals surface area contributed by atoms with E-state index in [1.54, 1.807) is 12.1 Å². The summed E-state index contributed by atoms with van der Waals surface area (Å²) in [5.74, 6) is -0.485. The van der Waals surface area contributed by atoms with E-state index < -0.39 is 5.97 Å². The highest BCUT2D eigenvalue weighted by Crippen LogP contribution is 2.29. The number of nitrogens with two attached hydrogens (primary N) is 1. The number of nitrogens with zero attached hydrogens (tertiary/aromatic N) is 1. The van der Waals surface area contributed by atoms with E-state index in [-0.39, 0.29) is 11.5 Å². The molecular weight excluding hydrogens is 270 g/mol. The molecule has 21 heavy (non-hydrogen) atoms. The van der Waals surface area contributed by atoms with Crippen LogP contribution in [0.25, 0.3) is 0 Å². The Hall–Kier alpha value is -2.24. The topological polar surface area (TPSA) is 95.7 Å². The van der Waals surface area contributed by atoms with Crippen LogP contribution in [0, 0.1) is 5.92 Å². The van der Waals surface area contributed by atoms with Crippen LogP contribution >= 0.6 is 0 Å². The second kappa shape index (κ2) is 6.47. The van der Waals surface area contributed by atoms with Crippen LogP contribution in [0.3, 0.4) is 0 Å². The van der Waals surface area contributed by atoms with Crippen LogP contribution in [0.1, 0.15) is 30.1 Å². The van der Waals surface area contributed by atoms with Crippen LogP contribution in [-0.4, -0.2) is 36.6 Å². The van der Waals surface area contributed by atoms with Crippen LogP contribution in [0.5, 0.6) is 0 Å². The molecule has 1 aliphatic rings. The molecular formula is C15H21N3O3. The largest absolute Gasteiger partial charge is 0.478 e. The Labute approximate surface area is 123 Å². The molecule has 1 aliphatic heterocycles. The van der Waals surface area contributed by atoms with Gasteiger partial charge >= 0.3 is 5.97 Å². The van der Waals surface area contributed by atoms with Gasteiger partial charge in [-0.3, -0.25) is 4.79 Å². The number of nitrogens with one attached hydrogen (secondary N) is 1. The van der Waals surface area contributed by atoms with E-state index in [1.165, 1.54) is 13.0 Å². The third-order valence-electron chi connectivity index (χ3n) is 3.87. The molecule has 1 amide bonds. The second-order valence-electron chi connectivity index (χ2n) is 5.45. The van der Waals surface area contributed by atoms with Crippen molar-refractivity contribution in [3.8, 4) is 0 Å². The molecule has 0 atom stereocenters. The maximum Gasteiger partial charge on any atom is 0.335 e. The number of piperidine rings is 1. The highest BCUT2D eigenvalue weighted by molar-refractivity contribution is 5.90. The van der Waals surface area contributed by atoms with Crippen molar-refractivity contribution < 1.29 is 14.7 Å². The van der Waals surface area contributed by atoms with Gasteiger partial charge in [-0.1, -0.05) is 0 Å². The molecule has 114 valence electrons. The molecule has 2 rings (SSSR count). The van der Waals surface area contributed by atoms with Crippen molar-refractivity contribution in [3.05, 3.63) is 23.8 Å². The Morgan fingerprint density at radius 3 is 2.62 bits per heavy atom. The summed E-state index contributed by atoms with van der Waals surface area (Å²) in [5, 5.41) is 11.9. The first-order valence-electron chi connectivity index (χ1n) is 7.09. The summed E-state index contributed by atoms with van der Waals surface area (Å²) in [6.07, 6.45) is 1.91. The van der Waals surface area contributed by atoms with Gasteiger partial charge in [-0.05, 0) is 37.0 Å². The van der Waals surface area contributed by atoms with Crippen LogP contribution in [0.15, 0.2) is 18.2 Å². The predicted octanol–water partition coefficient (Wildman–Crippen LogP) is 1.32. The number of carbonyl (C=O) groups excluding carboxylic acids is 1. The smallest absolute Gasteiger partial charge is 0.335 e. The minimum Gasteiger partial charge on any atom is -0.478 e. The van der Waals surface area contributed by atoms with Crippen LogP contribution in [-0.2, 0) is 4.79 Å². The third-order valence-corrected chi connectivity index (χ3v) is 3.87. The van der Waals surface area contributed by atoms with E-state index in [0.29, 0.717) is 18.2 Å². The molecule has 0 aliphatic carbocycles. The van der Waals surface area contributed by atoms with Crippen molar-refractivity contribution in [2.24, 2.45) is 5.92 Å². The van der Waals surface area contributed by atoms with Gasteiger partial charge < -0.3 is 21.1 Å². The average molecular weight is 291 g/mol. The Balaban J connectivity index is 2.00. The van der Waals surface area contributed by atoms with Crippen molar-refractivity contribution in [1.29, 1.82) is 0 Å². The van der Waals surface area contributed by atoms with E-state index in [2.05, 4.69) is 10.2 Å². The highest BCUT2D eigenvalue weighted by Gasteiger charge is 2.21. The zero-order valence-electron chi connectivity index (χ0n) is 12.1. The van der Waals surface area contributed by atoms with Crippen molar-refractivity contribution >= 4 is 23.3 Å². The summed E-state index contributed by atoms with van der Waals surface area (Å²) in [6.45, 7) is 3.86. The molecule has 1 saturated heterocycles. The standard InChI is InChI=1S/C15H21N3O3/c1-10(19)17-9-11-4-6-18(7-5-11)14-8-12(15(20)21)2-3-13(14)16/h2-3,8,11H,4-7,9,16H2,1H3,(H,17,19)(H,20,21). The fraction of sp³-hybridized carbons (Fsp3) is 0.467. The van der Waals surface area contributed by atoms with E-state index in [1.807, 2.05) is 0 Å². The highest BCUT2D eigenvalue weighted by atomic mass is 16.4. The molecule has 6 nitrogen and oxygen atoms in total. The minimum atomic E-state index is -0.947. The number of carboxylic acid groups (broad SMARTS) is 1. The number of hydrogen-bond acceptors (Lipinski definition) is 4. The molecule has 1 heterocycles. The number of carbonyl (C=O) groups is 2. The summed E-state index contributed by atoms with van der Waals surface area (Å²) < 4.78 is 0. The summed E-state index contributed by atoms with van der Waals surface area (Å²) in [5.41, 5.74) is 7.59. The van der Waals surface area contributed by atoms with Crippen LogP contribution < -0.4 is 16.0 Å². The van der Waals surface area contributed by atoms with E-state index >= 15 is 0 Å². The minimum absolute atomic E-state index is 0.00386. The normalized spacial score (nSPS) is 15.8. The van der Waals surface area contributed by atoms with Crippen molar-refractivity contribution in [2.45, 2.75) is 19.8 Å². The van der Waals surface area contributed by atoms with Gasteiger partial charge in [0, 0.05) is 26.6 Å². The maximum absolute atomic E-state index is 11.0. The Kier molecular flexibility index (Phi) is 4.67. The fourth-order valence-corrected chi connectivity index (χ4v) is 2.62. The lowest BCUT2D eigenvalue weighted by molar-refractivity contribution is -0.119. The second-order valence-corrected chi connectivity index (χ2v) is 5.45. The number of aromatic carboxylic acids is 1. The van der Waals surface area contributed by atoms with Gasteiger partial charge in [-0.25, -0.2) is 4.79 Å². The summed E-state index contributed by atoms with van der Waals surface area (Å²) >= 11 is 0. The zero-order valence-corrected chi connectivity index (χ0v) is 12.1. The van der Waals surface area contributed by atoms with Crippen molar-refractivity contribution in [2.75, 3.05) is 30.3 Å². The van der Waals surface area contributed by atoms with E-state index in [0.717, 1.165) is 31.6 Å². The first-order valence-corrected chi connectivity index (χ1v) is 7.09. The van der Waals surface area contributed by atoms with Gasteiger partial charge in [-0.2, -0.15) is 0 Å². The summed E-state index contributed by atoms with van der Waals surface area (Å²) in [6, 6.07) is 4.79. The molecule has 1 aromatic rings. The first-order chi connectivity index (χ1) is 9.97. The Morgan fingerprint density at radius 1 is 1.38 bits per heavy atom. The molecule has 1 fully saturated rings. The fourth-order valence-electron chi connectivity index (χ4n) is 2.62. The lowest BCUT2D eigenvalue weighted by atomic mass is 9.96. The molecule has 6 heteroatoms. The molecule has 1 aromatic carbocycles. The van der Waals surface area contributed by atoms with Gasteiger partial charge in [0.1, 0.15) is 0 Å². The SMILES string of the molecule is CC(=O)NCC1CCN(c2cc(C(=O)O)ccc2N)CC1. The molecule has 0 spiro atoms. The molecule has 0 aromatic heterocycles. The monoisotopic (exact) mass is 291 g/mol. The Bertz CT molecular complexity index is 537. The maximum atomic E-state index is 11.0. The Morgan fingerprint density at radius 2 is 2.05 bits per heavy atom. The van der Waals surface area contributed by atoms with Gasteiger partial charge in [0.25, 0.3) is 0 Å². The van der Waals surface area contributed by atoms with E-state index in [9.17, 15) is 9.59 Å². The number of anilines is 2. The van der Waals surface area contributed by atoms with Gasteiger partial charge in [0.2, 0.25) is 5.91 Å². The summed E-state index contributed by atoms with van der Waals surface area (Å²) in [4.78, 5) is 24.1. The number of nitrogen functional groups attached to an aromatic ring is 1. The van der Waals surface area contributed by atoms with Gasteiger partial charge in [0.15, 0.2) is 0 Å². The molecule has 0 saturated carbocycles. The lowest BCUT2D eigenvalue weighted by Gasteiger charge is -2.34. The first kappa shape index (κ1) is 15.2. The zero-order chi connectivity index (χ0) is 15.4. The number of rotatable bonds is 4. The third kappa shape index (κ3) is 3.87. The molecule has 0 bridgehead atoms. The van der Waals surface area contributed by atoms with E-state index in [4.69, 9.17) is 10.8 Å². The lowest BCUT2D eigenvalue weighted by Crippen LogP contribution is -2.38. The van der Waals surface area contributed by atoms with Crippen LogP contribution in [0.2, 0.25) is 0 Å². The quantitative estimate of drug-likeness (QED) is 0.727. The summed E-state index contributed by atoms with van der Waals surface area (Å²) in [7, 11) is 0. The number of hydrogen-bond donors (Lipinski definition) is 3. The molecule has 0 radical (unpaired) electrons. The number of amides is 1. The molecule has 4 N–H and O–H groups in total. The molecule has 0 unspecified atom stereocenters. The van der Waals surface area contributed by atoms with Gasteiger partial charge in [0.05, 0.1) is 16.9 Å².